The number of carbonyl (C=O) groups is 2. The number of halogens is 1. The molecule has 2 rings (SSSR count). The van der Waals surface area contributed by atoms with Gasteiger partial charge in [-0.15, -0.1) is 0 Å². The highest BCUT2D eigenvalue weighted by molar-refractivity contribution is 6.33. The number of ether oxygens (including phenoxy) is 1. The molecule has 2 N–H and O–H groups in total. The predicted octanol–water partition coefficient (Wildman–Crippen LogP) is 3.82. The topological polar surface area (TPSA) is 67.4 Å². The Morgan fingerprint density at radius 1 is 1.15 bits per heavy atom. The van der Waals surface area contributed by atoms with Gasteiger partial charge >= 0.3 is 0 Å². The molecule has 0 bridgehead atoms. The van der Waals surface area contributed by atoms with E-state index in [4.69, 9.17) is 16.3 Å². The van der Waals surface area contributed by atoms with Crippen LogP contribution in [0.3, 0.4) is 0 Å². The highest BCUT2D eigenvalue weighted by Crippen LogP contribution is 2.22. The maximum atomic E-state index is 11.9. The zero-order chi connectivity index (χ0) is 18.9. The maximum absolute atomic E-state index is 11.9. The zero-order valence-electron chi connectivity index (χ0n) is 14.7. The summed E-state index contributed by atoms with van der Waals surface area (Å²) in [6.45, 7) is 2.16. The summed E-state index contributed by atoms with van der Waals surface area (Å²) in [5.74, 6) is 0.281. The van der Waals surface area contributed by atoms with E-state index in [1.54, 1.807) is 25.3 Å². The van der Waals surface area contributed by atoms with Gasteiger partial charge in [0.25, 0.3) is 0 Å². The Hall–Kier alpha value is -2.79. The first-order chi connectivity index (χ1) is 12.5. The van der Waals surface area contributed by atoms with Crippen LogP contribution in [0, 0.1) is 6.92 Å². The van der Waals surface area contributed by atoms with Gasteiger partial charge in [-0.05, 0) is 48.4 Å². The molecule has 2 aromatic carbocycles. The van der Waals surface area contributed by atoms with Crippen LogP contribution in [-0.4, -0.2) is 25.5 Å². The normalized spacial score (nSPS) is 10.6. The number of anilines is 1. The zero-order valence-corrected chi connectivity index (χ0v) is 15.5. The summed E-state index contributed by atoms with van der Waals surface area (Å²) in [7, 11) is 1.60. The number of hydrogen-bond donors (Lipinski definition) is 2. The fourth-order valence-corrected chi connectivity index (χ4v) is 2.46. The summed E-state index contributed by atoms with van der Waals surface area (Å²) in [4.78, 5) is 23.7. The molecular weight excluding hydrogens is 352 g/mol. The highest BCUT2D eigenvalue weighted by atomic mass is 35.5. The summed E-state index contributed by atoms with van der Waals surface area (Å²) >= 11 is 6.08. The molecule has 2 aromatic rings. The van der Waals surface area contributed by atoms with Crippen molar-refractivity contribution in [2.75, 3.05) is 19.0 Å². The van der Waals surface area contributed by atoms with Crippen LogP contribution in [-0.2, 0) is 9.59 Å². The second-order valence-corrected chi connectivity index (χ2v) is 6.09. The quantitative estimate of drug-likeness (QED) is 0.726. The number of nitrogens with one attached hydrogen (secondary N) is 2. The molecular formula is C20H21ClN2O3. The molecule has 0 heterocycles. The van der Waals surface area contributed by atoms with Gasteiger partial charge in [0.1, 0.15) is 5.75 Å². The lowest BCUT2D eigenvalue weighted by Crippen LogP contribution is -2.26. The van der Waals surface area contributed by atoms with Crippen LogP contribution in [0.25, 0.3) is 6.08 Å². The van der Waals surface area contributed by atoms with E-state index in [0.717, 1.165) is 16.9 Å². The monoisotopic (exact) mass is 372 g/mol. The van der Waals surface area contributed by atoms with Crippen molar-refractivity contribution in [1.29, 1.82) is 0 Å². The molecule has 0 unspecified atom stereocenters. The molecule has 0 aliphatic carbocycles. The predicted molar refractivity (Wildman–Crippen MR) is 104 cm³/mol. The summed E-state index contributed by atoms with van der Waals surface area (Å²) in [5, 5.41) is 5.89. The SMILES string of the molecule is COc1ccc(/C=C/C(=O)NCCC(=O)Nc2ccc(C)cc2Cl)cc1. The third-order valence-electron chi connectivity index (χ3n) is 3.59. The molecule has 0 aliphatic rings. The van der Waals surface area contributed by atoms with E-state index >= 15 is 0 Å². The lowest BCUT2D eigenvalue weighted by molar-refractivity contribution is -0.117. The molecule has 26 heavy (non-hydrogen) atoms. The van der Waals surface area contributed by atoms with Crippen molar-refractivity contribution in [3.63, 3.8) is 0 Å². The van der Waals surface area contributed by atoms with E-state index in [-0.39, 0.29) is 24.8 Å². The third kappa shape index (κ3) is 6.26. The lowest BCUT2D eigenvalue weighted by Gasteiger charge is -2.08. The van der Waals surface area contributed by atoms with E-state index in [2.05, 4.69) is 10.6 Å². The van der Waals surface area contributed by atoms with Crippen LogP contribution in [0.1, 0.15) is 17.5 Å². The van der Waals surface area contributed by atoms with E-state index in [9.17, 15) is 9.59 Å². The van der Waals surface area contributed by atoms with Crippen LogP contribution < -0.4 is 15.4 Å². The van der Waals surface area contributed by atoms with Crippen molar-refractivity contribution in [3.8, 4) is 5.75 Å². The van der Waals surface area contributed by atoms with Crippen LogP contribution in [0.5, 0.6) is 5.75 Å². The van der Waals surface area contributed by atoms with E-state index < -0.39 is 0 Å². The first kappa shape index (κ1) is 19.5. The molecule has 0 atom stereocenters. The summed E-state index contributed by atoms with van der Waals surface area (Å²) in [6, 6.07) is 12.7. The minimum atomic E-state index is -0.262. The Morgan fingerprint density at radius 3 is 2.54 bits per heavy atom. The molecule has 0 fully saturated rings. The van der Waals surface area contributed by atoms with E-state index in [1.807, 2.05) is 37.3 Å². The van der Waals surface area contributed by atoms with Crippen molar-refractivity contribution in [3.05, 3.63) is 64.7 Å². The lowest BCUT2D eigenvalue weighted by atomic mass is 10.2. The van der Waals surface area contributed by atoms with Gasteiger partial charge < -0.3 is 15.4 Å². The molecule has 0 saturated heterocycles. The average Bonchev–Trinajstić information content (AvgIpc) is 2.63. The Morgan fingerprint density at radius 2 is 1.88 bits per heavy atom. The largest absolute Gasteiger partial charge is 0.497 e. The standard InChI is InChI=1S/C20H21ClN2O3/c1-14-3-9-18(17(21)13-14)23-20(25)11-12-22-19(24)10-6-15-4-7-16(26-2)8-5-15/h3-10,13H,11-12H2,1-2H3,(H,22,24)(H,23,25)/b10-6+. The number of amides is 2. The molecule has 5 nitrogen and oxygen atoms in total. The van der Waals surface area contributed by atoms with Gasteiger partial charge in [-0.2, -0.15) is 0 Å². The van der Waals surface area contributed by atoms with Crippen LogP contribution in [0.15, 0.2) is 48.5 Å². The van der Waals surface area contributed by atoms with Gasteiger partial charge in [-0.25, -0.2) is 0 Å². The highest BCUT2D eigenvalue weighted by Gasteiger charge is 2.06. The minimum absolute atomic E-state index is 0.159. The smallest absolute Gasteiger partial charge is 0.244 e. The van der Waals surface area contributed by atoms with Crippen LogP contribution >= 0.6 is 11.6 Å². The number of rotatable bonds is 7. The van der Waals surface area contributed by atoms with Gasteiger partial charge in [0.05, 0.1) is 17.8 Å². The number of methoxy groups -OCH3 is 1. The van der Waals surface area contributed by atoms with E-state index in [1.165, 1.54) is 6.08 Å². The van der Waals surface area contributed by atoms with E-state index in [0.29, 0.717) is 10.7 Å². The fraction of sp³-hybridized carbons (Fsp3) is 0.200. The molecule has 0 spiro atoms. The van der Waals surface area contributed by atoms with Gasteiger partial charge in [0.15, 0.2) is 0 Å². The molecule has 2 amide bonds. The molecule has 0 aliphatic heterocycles. The third-order valence-corrected chi connectivity index (χ3v) is 3.91. The Labute approximate surface area is 158 Å². The Balaban J connectivity index is 1.74. The molecule has 0 aromatic heterocycles. The van der Waals surface area contributed by atoms with Crippen molar-refractivity contribution in [1.82, 2.24) is 5.32 Å². The number of benzene rings is 2. The number of hydrogen-bond acceptors (Lipinski definition) is 3. The fourth-order valence-electron chi connectivity index (χ4n) is 2.18. The van der Waals surface area contributed by atoms with Crippen LogP contribution in [0.4, 0.5) is 5.69 Å². The summed E-state index contributed by atoms with van der Waals surface area (Å²) in [5.41, 5.74) is 2.46. The Bertz CT molecular complexity index is 801. The second kappa shape index (κ2) is 9.63. The van der Waals surface area contributed by atoms with Crippen LogP contribution in [0.2, 0.25) is 5.02 Å². The summed E-state index contributed by atoms with van der Waals surface area (Å²) < 4.78 is 5.08. The summed E-state index contributed by atoms with van der Waals surface area (Å²) in [6.07, 6.45) is 3.28. The minimum Gasteiger partial charge on any atom is -0.497 e. The van der Waals surface area contributed by atoms with Crippen molar-refractivity contribution < 1.29 is 14.3 Å². The van der Waals surface area contributed by atoms with Crippen molar-refractivity contribution in [2.45, 2.75) is 13.3 Å². The molecule has 6 heteroatoms. The second-order valence-electron chi connectivity index (χ2n) is 5.68. The van der Waals surface area contributed by atoms with Gasteiger partial charge in [0.2, 0.25) is 11.8 Å². The van der Waals surface area contributed by atoms with Crippen molar-refractivity contribution >= 4 is 35.2 Å². The van der Waals surface area contributed by atoms with Gasteiger partial charge in [-0.1, -0.05) is 29.8 Å². The molecule has 0 saturated carbocycles. The average molecular weight is 373 g/mol. The Kier molecular flexibility index (Phi) is 7.24. The maximum Gasteiger partial charge on any atom is 0.244 e. The van der Waals surface area contributed by atoms with Gasteiger partial charge in [-0.3, -0.25) is 9.59 Å². The molecule has 0 radical (unpaired) electrons. The molecule has 136 valence electrons. The first-order valence-corrected chi connectivity index (χ1v) is 8.51. The van der Waals surface area contributed by atoms with Crippen molar-refractivity contribution in [2.24, 2.45) is 0 Å². The van der Waals surface area contributed by atoms with Gasteiger partial charge in [0, 0.05) is 19.0 Å². The number of aryl methyl sites for hydroxylation is 1. The first-order valence-electron chi connectivity index (χ1n) is 8.14. The number of carbonyl (C=O) groups excluding carboxylic acids is 2.